The molecule has 1 aromatic carbocycles. The molecule has 1 saturated carbocycles. The van der Waals surface area contributed by atoms with E-state index in [0.717, 1.165) is 11.1 Å². The summed E-state index contributed by atoms with van der Waals surface area (Å²) in [6.07, 6.45) is 1.74. The van der Waals surface area contributed by atoms with Crippen LogP contribution in [0.25, 0.3) is 16.8 Å². The summed E-state index contributed by atoms with van der Waals surface area (Å²) in [5, 5.41) is 10.9. The van der Waals surface area contributed by atoms with Gasteiger partial charge in [-0.25, -0.2) is 4.98 Å². The van der Waals surface area contributed by atoms with Gasteiger partial charge in [0.25, 0.3) is 11.8 Å². The molecule has 150 valence electrons. The van der Waals surface area contributed by atoms with E-state index >= 15 is 0 Å². The molecule has 1 aliphatic carbocycles. The first-order chi connectivity index (χ1) is 14.3. The molecule has 0 spiro atoms. The lowest BCUT2D eigenvalue weighted by Crippen LogP contribution is -2.43. The third kappa shape index (κ3) is 2.47. The van der Waals surface area contributed by atoms with E-state index in [1.54, 1.807) is 28.6 Å². The summed E-state index contributed by atoms with van der Waals surface area (Å²) in [5.74, 6) is 5.08. The molecule has 5 rings (SSSR count). The van der Waals surface area contributed by atoms with Crippen LogP contribution in [0.2, 0.25) is 0 Å². The lowest BCUT2D eigenvalue weighted by molar-refractivity contribution is -0.141. The fourth-order valence-corrected chi connectivity index (χ4v) is 4.68. The number of primary amides is 1. The number of likely N-dealkylation sites (tertiary alicyclic amines) is 1. The molecule has 4 atom stereocenters. The van der Waals surface area contributed by atoms with Crippen LogP contribution in [0, 0.1) is 23.7 Å². The summed E-state index contributed by atoms with van der Waals surface area (Å²) in [6, 6.07) is 12.9. The Labute approximate surface area is 173 Å². The molecule has 2 fully saturated rings. The SMILES string of the molecule is C[C@H]1[C@@H]2[C@H]1[C@@](O)(C#Cc1cccc(-c3nc(C(N)=O)n4ccccc34)c1)C(=O)N2C. The van der Waals surface area contributed by atoms with Gasteiger partial charge in [0.2, 0.25) is 11.4 Å². The van der Waals surface area contributed by atoms with Crippen LogP contribution in [0.5, 0.6) is 0 Å². The predicted octanol–water partition coefficient (Wildman–Crippen LogP) is 1.29. The predicted molar refractivity (Wildman–Crippen MR) is 110 cm³/mol. The second-order valence-corrected chi connectivity index (χ2v) is 7.99. The summed E-state index contributed by atoms with van der Waals surface area (Å²) >= 11 is 0. The van der Waals surface area contributed by atoms with Crippen molar-refractivity contribution in [3.8, 4) is 23.1 Å². The van der Waals surface area contributed by atoms with Crippen molar-refractivity contribution in [3.63, 3.8) is 0 Å². The average Bonchev–Trinajstić information content (AvgIpc) is 3.19. The quantitative estimate of drug-likeness (QED) is 0.633. The number of aliphatic hydroxyl groups is 1. The van der Waals surface area contributed by atoms with Crippen molar-refractivity contribution in [1.82, 2.24) is 14.3 Å². The van der Waals surface area contributed by atoms with Gasteiger partial charge in [0.05, 0.1) is 11.2 Å². The standard InChI is InChI=1S/C23H20N4O3/c1-13-17-19(13)26(2)22(29)23(17,30)10-9-14-6-5-7-15(12-14)18-16-8-3-4-11-27(16)21(25-18)20(24)28/h3-8,11-13,17,19,30H,1-2H3,(H2,24,28)/t13-,17+,19-,23+/m1/s1. The van der Waals surface area contributed by atoms with Gasteiger partial charge in [-0.05, 0) is 30.2 Å². The monoisotopic (exact) mass is 400 g/mol. The maximum absolute atomic E-state index is 12.5. The molecular weight excluding hydrogens is 380 g/mol. The number of carbonyl (C=O) groups excluding carboxylic acids is 2. The summed E-state index contributed by atoms with van der Waals surface area (Å²) in [7, 11) is 1.71. The Kier molecular flexibility index (Phi) is 3.79. The van der Waals surface area contributed by atoms with Crippen molar-refractivity contribution in [2.75, 3.05) is 7.05 Å². The maximum Gasteiger partial charge on any atom is 0.285 e. The number of rotatable bonds is 2. The molecule has 7 heteroatoms. The first kappa shape index (κ1) is 18.4. The highest BCUT2D eigenvalue weighted by Gasteiger charge is 2.70. The number of carbonyl (C=O) groups is 2. The largest absolute Gasteiger partial charge is 0.369 e. The molecule has 3 N–H and O–H groups in total. The summed E-state index contributed by atoms with van der Waals surface area (Å²) in [6.45, 7) is 2.02. The Bertz CT molecular complexity index is 1280. The average molecular weight is 400 g/mol. The number of benzene rings is 1. The van der Waals surface area contributed by atoms with Crippen LogP contribution in [-0.4, -0.2) is 49.9 Å². The molecule has 1 aliphatic heterocycles. The summed E-state index contributed by atoms with van der Waals surface area (Å²) < 4.78 is 1.65. The van der Waals surface area contributed by atoms with E-state index < -0.39 is 11.5 Å². The van der Waals surface area contributed by atoms with Crippen LogP contribution in [0.15, 0.2) is 48.7 Å². The minimum atomic E-state index is -1.64. The highest BCUT2D eigenvalue weighted by molar-refractivity contribution is 5.94. The van der Waals surface area contributed by atoms with Crippen LogP contribution < -0.4 is 5.73 Å². The first-order valence-corrected chi connectivity index (χ1v) is 9.73. The Morgan fingerprint density at radius 2 is 2.07 bits per heavy atom. The number of amides is 2. The molecule has 3 heterocycles. The van der Waals surface area contributed by atoms with Gasteiger partial charge in [-0.1, -0.05) is 37.0 Å². The Morgan fingerprint density at radius 1 is 1.27 bits per heavy atom. The van der Waals surface area contributed by atoms with Crippen molar-refractivity contribution >= 4 is 17.3 Å². The number of imidazole rings is 1. The van der Waals surface area contributed by atoms with E-state index in [1.807, 2.05) is 43.3 Å². The van der Waals surface area contributed by atoms with E-state index in [-0.39, 0.29) is 29.6 Å². The van der Waals surface area contributed by atoms with E-state index in [0.29, 0.717) is 11.3 Å². The summed E-state index contributed by atoms with van der Waals surface area (Å²) in [4.78, 5) is 30.3. The topological polar surface area (TPSA) is 101 Å². The van der Waals surface area contributed by atoms with Gasteiger partial charge in [0.15, 0.2) is 0 Å². The second-order valence-electron chi connectivity index (χ2n) is 7.99. The highest BCUT2D eigenvalue weighted by atomic mass is 16.3. The van der Waals surface area contributed by atoms with Gasteiger partial charge >= 0.3 is 0 Å². The third-order valence-electron chi connectivity index (χ3n) is 6.21. The van der Waals surface area contributed by atoms with Crippen molar-refractivity contribution in [3.05, 3.63) is 60.0 Å². The third-order valence-corrected chi connectivity index (χ3v) is 6.21. The zero-order valence-corrected chi connectivity index (χ0v) is 16.5. The Balaban J connectivity index is 1.55. The van der Waals surface area contributed by atoms with Crippen molar-refractivity contribution in [2.45, 2.75) is 18.6 Å². The van der Waals surface area contributed by atoms with Crippen LogP contribution in [0.3, 0.4) is 0 Å². The molecule has 0 bridgehead atoms. The Morgan fingerprint density at radius 3 is 2.80 bits per heavy atom. The zero-order chi connectivity index (χ0) is 21.2. The molecule has 1 saturated heterocycles. The van der Waals surface area contributed by atoms with Gasteiger partial charge in [-0.3, -0.25) is 14.0 Å². The number of nitrogens with zero attached hydrogens (tertiary/aromatic N) is 3. The molecule has 0 unspecified atom stereocenters. The van der Waals surface area contributed by atoms with Gasteiger partial charge in [-0.2, -0.15) is 0 Å². The number of hydrogen-bond donors (Lipinski definition) is 2. The van der Waals surface area contributed by atoms with E-state index in [1.165, 1.54) is 0 Å². The lowest BCUT2D eigenvalue weighted by Gasteiger charge is -2.21. The van der Waals surface area contributed by atoms with Crippen LogP contribution in [0.4, 0.5) is 0 Å². The molecule has 2 aliphatic rings. The fraction of sp³-hybridized carbons (Fsp3) is 0.261. The Hall–Kier alpha value is -3.63. The molecule has 7 nitrogen and oxygen atoms in total. The number of fused-ring (bicyclic) bond motifs is 2. The van der Waals surface area contributed by atoms with Gasteiger partial charge < -0.3 is 15.7 Å². The maximum atomic E-state index is 12.5. The van der Waals surface area contributed by atoms with E-state index in [4.69, 9.17) is 5.73 Å². The van der Waals surface area contributed by atoms with Gasteiger partial charge in [0.1, 0.15) is 0 Å². The zero-order valence-electron chi connectivity index (χ0n) is 16.5. The number of nitrogens with two attached hydrogens (primary N) is 1. The first-order valence-electron chi connectivity index (χ1n) is 9.73. The second kappa shape index (κ2) is 6.18. The van der Waals surface area contributed by atoms with Gasteiger partial charge in [0, 0.05) is 36.3 Å². The molecule has 3 aromatic rings. The van der Waals surface area contributed by atoms with Crippen molar-refractivity contribution in [2.24, 2.45) is 17.6 Å². The van der Waals surface area contributed by atoms with Crippen LogP contribution in [0.1, 0.15) is 23.1 Å². The molecule has 2 amide bonds. The molecular formula is C23H20N4O3. The number of aromatic nitrogens is 2. The molecule has 2 aromatic heterocycles. The van der Waals surface area contributed by atoms with Crippen molar-refractivity contribution < 1.29 is 14.7 Å². The number of piperidine rings is 1. The normalized spacial score (nSPS) is 27.0. The minimum Gasteiger partial charge on any atom is -0.369 e. The van der Waals surface area contributed by atoms with Crippen LogP contribution >= 0.6 is 0 Å². The number of hydrogen-bond acceptors (Lipinski definition) is 4. The van der Waals surface area contributed by atoms with Crippen LogP contribution in [-0.2, 0) is 4.79 Å². The lowest BCUT2D eigenvalue weighted by atomic mass is 9.96. The highest BCUT2D eigenvalue weighted by Crippen LogP contribution is 2.55. The molecule has 0 radical (unpaired) electrons. The summed E-state index contributed by atoms with van der Waals surface area (Å²) in [5.41, 5.74) is 6.60. The fourth-order valence-electron chi connectivity index (χ4n) is 4.68. The molecule has 30 heavy (non-hydrogen) atoms. The van der Waals surface area contributed by atoms with Gasteiger partial charge in [-0.15, -0.1) is 0 Å². The van der Waals surface area contributed by atoms with Crippen molar-refractivity contribution in [1.29, 1.82) is 0 Å². The smallest absolute Gasteiger partial charge is 0.285 e. The van der Waals surface area contributed by atoms with E-state index in [2.05, 4.69) is 16.8 Å². The minimum absolute atomic E-state index is 0.0623. The van der Waals surface area contributed by atoms with E-state index in [9.17, 15) is 14.7 Å². The number of pyridine rings is 1. The number of likely N-dealkylation sites (N-methyl/N-ethyl adjacent to an activating group) is 1.